The van der Waals surface area contributed by atoms with Gasteiger partial charge in [-0.3, -0.25) is 0 Å². The first kappa shape index (κ1) is 15.4. The molecule has 0 aliphatic heterocycles. The van der Waals surface area contributed by atoms with Crippen molar-refractivity contribution in [1.82, 2.24) is 9.97 Å². The van der Waals surface area contributed by atoms with Crippen LogP contribution in [0, 0.1) is 11.8 Å². The van der Waals surface area contributed by atoms with E-state index in [-0.39, 0.29) is 0 Å². The van der Waals surface area contributed by atoms with Crippen molar-refractivity contribution >= 4 is 23.4 Å². The van der Waals surface area contributed by atoms with Crippen LogP contribution < -0.4 is 10.6 Å². The molecule has 1 saturated carbocycles. The van der Waals surface area contributed by atoms with Crippen LogP contribution in [0.25, 0.3) is 0 Å². The van der Waals surface area contributed by atoms with E-state index in [1.807, 2.05) is 19.4 Å². The van der Waals surface area contributed by atoms with Crippen molar-refractivity contribution in [1.29, 1.82) is 0 Å². The van der Waals surface area contributed by atoms with Gasteiger partial charge < -0.3 is 10.6 Å². The van der Waals surface area contributed by atoms with Crippen LogP contribution in [0.3, 0.4) is 0 Å². The van der Waals surface area contributed by atoms with Crippen molar-refractivity contribution in [2.24, 2.45) is 11.8 Å². The average molecular weight is 294 g/mol. The third-order valence-corrected chi connectivity index (χ3v) is 4.60. The van der Waals surface area contributed by atoms with Gasteiger partial charge in [-0.15, -0.1) is 0 Å². The summed E-state index contributed by atoms with van der Waals surface area (Å²) in [4.78, 5) is 8.88. The number of hydrogen-bond donors (Lipinski definition) is 2. The Balaban J connectivity index is 1.84. The fourth-order valence-electron chi connectivity index (χ4n) is 2.96. The second-order valence-electron chi connectivity index (χ2n) is 5.73. The van der Waals surface area contributed by atoms with E-state index in [4.69, 9.17) is 0 Å². The number of nitrogens with one attached hydrogen (secondary N) is 2. The Morgan fingerprint density at radius 2 is 2.10 bits per heavy atom. The minimum absolute atomic E-state index is 0.811. The summed E-state index contributed by atoms with van der Waals surface area (Å²) in [5.41, 5.74) is 0. The molecule has 2 atom stereocenters. The van der Waals surface area contributed by atoms with E-state index in [1.165, 1.54) is 32.1 Å². The maximum atomic E-state index is 4.50. The SMILES string of the molecule is CNc1cc(NCCC2CCCC(C)C2)nc(SC)n1. The molecule has 1 aromatic heterocycles. The Morgan fingerprint density at radius 1 is 1.30 bits per heavy atom. The second kappa shape index (κ2) is 7.72. The highest BCUT2D eigenvalue weighted by atomic mass is 32.2. The molecule has 1 aliphatic rings. The maximum absolute atomic E-state index is 4.50. The minimum atomic E-state index is 0.811. The lowest BCUT2D eigenvalue weighted by Gasteiger charge is -2.26. The zero-order valence-electron chi connectivity index (χ0n) is 12.8. The molecule has 1 fully saturated rings. The van der Waals surface area contributed by atoms with Gasteiger partial charge in [0, 0.05) is 19.7 Å². The summed E-state index contributed by atoms with van der Waals surface area (Å²) in [6.45, 7) is 3.39. The fourth-order valence-corrected chi connectivity index (χ4v) is 3.34. The summed E-state index contributed by atoms with van der Waals surface area (Å²) >= 11 is 1.57. The second-order valence-corrected chi connectivity index (χ2v) is 6.50. The third-order valence-electron chi connectivity index (χ3n) is 4.05. The van der Waals surface area contributed by atoms with Gasteiger partial charge in [0.25, 0.3) is 0 Å². The average Bonchev–Trinajstić information content (AvgIpc) is 2.47. The Labute approximate surface area is 126 Å². The minimum Gasteiger partial charge on any atom is -0.373 e. The number of nitrogens with zero attached hydrogens (tertiary/aromatic N) is 2. The Bertz CT molecular complexity index is 402. The van der Waals surface area contributed by atoms with Crippen molar-refractivity contribution in [3.05, 3.63) is 6.07 Å². The molecule has 5 heteroatoms. The molecule has 20 heavy (non-hydrogen) atoms. The molecule has 1 aromatic rings. The molecular formula is C15H26N4S. The van der Waals surface area contributed by atoms with Crippen molar-refractivity contribution in [2.45, 2.75) is 44.2 Å². The number of aromatic nitrogens is 2. The highest BCUT2D eigenvalue weighted by Gasteiger charge is 2.18. The van der Waals surface area contributed by atoms with Crippen molar-refractivity contribution < 1.29 is 0 Å². The van der Waals surface area contributed by atoms with E-state index in [0.29, 0.717) is 0 Å². The van der Waals surface area contributed by atoms with Gasteiger partial charge in [-0.25, -0.2) is 9.97 Å². The number of hydrogen-bond acceptors (Lipinski definition) is 5. The molecule has 1 aliphatic carbocycles. The van der Waals surface area contributed by atoms with Crippen LogP contribution in [-0.2, 0) is 0 Å². The highest BCUT2D eigenvalue weighted by molar-refractivity contribution is 7.98. The van der Waals surface area contributed by atoms with Gasteiger partial charge in [-0.2, -0.15) is 0 Å². The smallest absolute Gasteiger partial charge is 0.191 e. The van der Waals surface area contributed by atoms with Gasteiger partial charge in [0.15, 0.2) is 5.16 Å². The molecule has 0 amide bonds. The van der Waals surface area contributed by atoms with Crippen LogP contribution in [0.1, 0.15) is 39.0 Å². The van der Waals surface area contributed by atoms with Crippen LogP contribution in [0.4, 0.5) is 11.6 Å². The molecule has 1 heterocycles. The predicted molar refractivity (Wildman–Crippen MR) is 87.6 cm³/mol. The van der Waals surface area contributed by atoms with Crippen LogP contribution in [0.15, 0.2) is 11.2 Å². The van der Waals surface area contributed by atoms with Crippen molar-refractivity contribution in [3.63, 3.8) is 0 Å². The van der Waals surface area contributed by atoms with Crippen LogP contribution in [0.2, 0.25) is 0 Å². The van der Waals surface area contributed by atoms with Gasteiger partial charge >= 0.3 is 0 Å². The summed E-state index contributed by atoms with van der Waals surface area (Å²) in [7, 11) is 1.89. The van der Waals surface area contributed by atoms with Gasteiger partial charge in [-0.05, 0) is 30.9 Å². The van der Waals surface area contributed by atoms with Crippen molar-refractivity contribution in [2.75, 3.05) is 30.5 Å². The molecule has 4 nitrogen and oxygen atoms in total. The van der Waals surface area contributed by atoms with E-state index in [2.05, 4.69) is 27.5 Å². The van der Waals surface area contributed by atoms with E-state index < -0.39 is 0 Å². The lowest BCUT2D eigenvalue weighted by atomic mass is 9.81. The molecule has 112 valence electrons. The first-order valence-corrected chi connectivity index (χ1v) is 8.78. The van der Waals surface area contributed by atoms with Crippen LogP contribution in [-0.4, -0.2) is 29.8 Å². The Morgan fingerprint density at radius 3 is 2.80 bits per heavy atom. The predicted octanol–water partition coefficient (Wildman–Crippen LogP) is 3.87. The lowest BCUT2D eigenvalue weighted by Crippen LogP contribution is -2.17. The molecule has 2 rings (SSSR count). The zero-order chi connectivity index (χ0) is 14.4. The molecular weight excluding hydrogens is 268 g/mol. The molecule has 0 bridgehead atoms. The summed E-state index contributed by atoms with van der Waals surface area (Å²) in [6.07, 6.45) is 8.86. The van der Waals surface area contributed by atoms with Crippen molar-refractivity contribution in [3.8, 4) is 0 Å². The number of rotatable bonds is 6. The van der Waals surface area contributed by atoms with E-state index in [9.17, 15) is 0 Å². The highest BCUT2D eigenvalue weighted by Crippen LogP contribution is 2.30. The van der Waals surface area contributed by atoms with Gasteiger partial charge in [0.05, 0.1) is 0 Å². The topological polar surface area (TPSA) is 49.8 Å². The largest absolute Gasteiger partial charge is 0.373 e. The first-order valence-electron chi connectivity index (χ1n) is 7.56. The van der Waals surface area contributed by atoms with Crippen LogP contribution >= 0.6 is 11.8 Å². The summed E-state index contributed by atoms with van der Waals surface area (Å²) in [5, 5.41) is 7.35. The quantitative estimate of drug-likeness (QED) is 0.616. The standard InChI is InChI=1S/C15H26N4S/c1-11-5-4-6-12(9-11)7-8-17-14-10-13(16-2)18-15(19-14)20-3/h10-12H,4-9H2,1-3H3,(H2,16,17,18,19). The van der Waals surface area contributed by atoms with Gasteiger partial charge in [0.2, 0.25) is 0 Å². The summed E-state index contributed by atoms with van der Waals surface area (Å²) < 4.78 is 0. The number of anilines is 2. The fraction of sp³-hybridized carbons (Fsp3) is 0.733. The van der Waals surface area contributed by atoms with E-state index in [1.54, 1.807) is 11.8 Å². The lowest BCUT2D eigenvalue weighted by molar-refractivity contribution is 0.274. The van der Waals surface area contributed by atoms with E-state index in [0.717, 1.165) is 35.2 Å². The molecule has 0 saturated heterocycles. The summed E-state index contributed by atoms with van der Waals surface area (Å²) in [6, 6.07) is 1.98. The molecule has 0 spiro atoms. The third kappa shape index (κ3) is 4.54. The van der Waals surface area contributed by atoms with Gasteiger partial charge in [-0.1, -0.05) is 37.9 Å². The van der Waals surface area contributed by atoms with Crippen LogP contribution in [0.5, 0.6) is 0 Å². The molecule has 2 unspecified atom stereocenters. The summed E-state index contributed by atoms with van der Waals surface area (Å²) in [5.74, 6) is 3.60. The monoisotopic (exact) mass is 294 g/mol. The molecule has 0 aromatic carbocycles. The van der Waals surface area contributed by atoms with E-state index >= 15 is 0 Å². The molecule has 2 N–H and O–H groups in total. The normalized spacial score (nSPS) is 22.6. The molecule has 0 radical (unpaired) electrons. The zero-order valence-corrected chi connectivity index (χ0v) is 13.6. The first-order chi connectivity index (χ1) is 9.71. The Kier molecular flexibility index (Phi) is 5.95. The maximum Gasteiger partial charge on any atom is 0.191 e. The Hall–Kier alpha value is -0.970. The van der Waals surface area contributed by atoms with Gasteiger partial charge in [0.1, 0.15) is 11.6 Å². The number of thioether (sulfide) groups is 1.